The number of aryl methyl sites for hydroxylation is 2. The molecule has 0 atom stereocenters. The number of aromatic carboxylic acids is 1. The number of rotatable bonds is 4. The highest BCUT2D eigenvalue weighted by atomic mass is 35.5. The molecule has 0 radical (unpaired) electrons. The van der Waals surface area contributed by atoms with E-state index in [0.29, 0.717) is 11.3 Å². The zero-order valence-electron chi connectivity index (χ0n) is 10.9. The lowest BCUT2D eigenvalue weighted by Gasteiger charge is -2.08. The summed E-state index contributed by atoms with van der Waals surface area (Å²) in [5, 5.41) is 10.6. The quantitative estimate of drug-likeness (QED) is 0.821. The third-order valence-corrected chi connectivity index (χ3v) is 5.35. The maximum Gasteiger partial charge on any atom is 0.347 e. The number of carboxylic acids is 1. The molecule has 0 aliphatic rings. The lowest BCUT2D eigenvalue weighted by molar-refractivity contribution is 0.0698. The van der Waals surface area contributed by atoms with Crippen molar-refractivity contribution < 1.29 is 18.3 Å². The van der Waals surface area contributed by atoms with Crippen molar-refractivity contribution in [3.05, 3.63) is 32.7 Å². The predicted molar refractivity (Wildman–Crippen MR) is 78.6 cm³/mol. The van der Waals surface area contributed by atoms with E-state index in [1.54, 1.807) is 6.92 Å². The van der Waals surface area contributed by atoms with Crippen molar-refractivity contribution in [1.29, 1.82) is 0 Å². The Morgan fingerprint density at radius 3 is 2.62 bits per heavy atom. The van der Waals surface area contributed by atoms with E-state index < -0.39 is 16.0 Å². The normalized spacial score (nSPS) is 11.4. The Morgan fingerprint density at radius 2 is 2.05 bits per heavy atom. The van der Waals surface area contributed by atoms with Crippen LogP contribution in [0.4, 0.5) is 5.95 Å². The van der Waals surface area contributed by atoms with Crippen LogP contribution in [0.25, 0.3) is 0 Å². The second-order valence-corrected chi connectivity index (χ2v) is 7.03. The fourth-order valence-corrected chi connectivity index (χ4v) is 4.48. The SMILES string of the molecule is Cc1cc(Cl)nc(NS(=O)(=O)c2c(C)csc2C(=O)O)n1. The maximum absolute atomic E-state index is 12.3. The molecule has 2 aromatic rings. The number of hydrogen-bond donors (Lipinski definition) is 2. The van der Waals surface area contributed by atoms with Crippen LogP contribution in [0.2, 0.25) is 5.15 Å². The van der Waals surface area contributed by atoms with Crippen LogP contribution in [0.1, 0.15) is 20.9 Å². The molecule has 0 aliphatic heterocycles. The van der Waals surface area contributed by atoms with Crippen LogP contribution < -0.4 is 4.72 Å². The number of aromatic nitrogens is 2. The van der Waals surface area contributed by atoms with Crippen molar-refractivity contribution >= 4 is 44.9 Å². The zero-order chi connectivity index (χ0) is 15.8. The van der Waals surface area contributed by atoms with Gasteiger partial charge >= 0.3 is 5.97 Å². The zero-order valence-corrected chi connectivity index (χ0v) is 13.3. The van der Waals surface area contributed by atoms with Gasteiger partial charge in [0.1, 0.15) is 14.9 Å². The molecule has 0 amide bonds. The topological polar surface area (TPSA) is 109 Å². The number of hydrogen-bond acceptors (Lipinski definition) is 6. The summed E-state index contributed by atoms with van der Waals surface area (Å²) in [5.41, 5.74) is 0.817. The van der Waals surface area contributed by atoms with Gasteiger partial charge in [0.05, 0.1) is 0 Å². The smallest absolute Gasteiger partial charge is 0.347 e. The van der Waals surface area contributed by atoms with Crippen LogP contribution in [-0.2, 0) is 10.0 Å². The summed E-state index contributed by atoms with van der Waals surface area (Å²) in [6.07, 6.45) is 0. The molecule has 0 saturated heterocycles. The minimum atomic E-state index is -4.11. The third-order valence-electron chi connectivity index (χ3n) is 2.43. The Morgan fingerprint density at radius 1 is 1.38 bits per heavy atom. The minimum absolute atomic E-state index is 0.0840. The summed E-state index contributed by atoms with van der Waals surface area (Å²) in [4.78, 5) is 18.2. The third kappa shape index (κ3) is 3.31. The highest BCUT2D eigenvalue weighted by Gasteiger charge is 2.27. The van der Waals surface area contributed by atoms with E-state index in [0.717, 1.165) is 11.3 Å². The van der Waals surface area contributed by atoms with Gasteiger partial charge in [0.25, 0.3) is 10.0 Å². The van der Waals surface area contributed by atoms with Crippen molar-refractivity contribution in [2.45, 2.75) is 18.7 Å². The fourth-order valence-electron chi connectivity index (χ4n) is 1.66. The standard InChI is InChI=1S/C11H10ClN3O4S2/c1-5-4-20-8(10(16)17)9(5)21(18,19)15-11-13-6(2)3-7(12)14-11/h3-4H,1-2H3,(H,16,17)(H,13,14,15). The molecule has 2 heterocycles. The predicted octanol–water partition coefficient (Wildman–Crippen LogP) is 2.31. The van der Waals surface area contributed by atoms with Gasteiger partial charge in [-0.15, -0.1) is 11.3 Å². The van der Waals surface area contributed by atoms with Crippen LogP contribution in [0, 0.1) is 13.8 Å². The van der Waals surface area contributed by atoms with Crippen LogP contribution in [0.5, 0.6) is 0 Å². The molecular weight excluding hydrogens is 338 g/mol. The largest absolute Gasteiger partial charge is 0.477 e. The van der Waals surface area contributed by atoms with Gasteiger partial charge in [0.2, 0.25) is 5.95 Å². The number of carboxylic acid groups (broad SMARTS) is 1. The van der Waals surface area contributed by atoms with Crippen molar-refractivity contribution in [2.75, 3.05) is 4.72 Å². The molecule has 2 aromatic heterocycles. The second-order valence-electron chi connectivity index (χ2n) is 4.14. The summed E-state index contributed by atoms with van der Waals surface area (Å²) >= 11 is 6.58. The van der Waals surface area contributed by atoms with E-state index in [1.807, 2.05) is 0 Å². The Balaban J connectivity index is 2.48. The number of sulfonamides is 1. The summed E-state index contributed by atoms with van der Waals surface area (Å²) in [6, 6.07) is 1.47. The molecular formula is C11H10ClN3O4S2. The monoisotopic (exact) mass is 347 g/mol. The van der Waals surface area contributed by atoms with Gasteiger partial charge in [-0.3, -0.25) is 0 Å². The number of nitrogens with zero attached hydrogens (tertiary/aromatic N) is 2. The van der Waals surface area contributed by atoms with Crippen LogP contribution >= 0.6 is 22.9 Å². The molecule has 0 fully saturated rings. The molecule has 0 aliphatic carbocycles. The van der Waals surface area contributed by atoms with Crippen molar-refractivity contribution in [3.8, 4) is 0 Å². The second kappa shape index (κ2) is 5.58. The molecule has 0 bridgehead atoms. The van der Waals surface area contributed by atoms with E-state index in [9.17, 15) is 13.2 Å². The van der Waals surface area contributed by atoms with E-state index in [2.05, 4.69) is 14.7 Å². The molecule has 10 heteroatoms. The molecule has 112 valence electrons. The summed E-state index contributed by atoms with van der Waals surface area (Å²) in [5.74, 6) is -1.52. The van der Waals surface area contributed by atoms with Gasteiger partial charge in [-0.2, -0.15) is 0 Å². The van der Waals surface area contributed by atoms with Gasteiger partial charge in [-0.1, -0.05) is 11.6 Å². The van der Waals surface area contributed by atoms with E-state index >= 15 is 0 Å². The van der Waals surface area contributed by atoms with Crippen LogP contribution in [0.15, 0.2) is 16.3 Å². The first-order valence-electron chi connectivity index (χ1n) is 5.56. The van der Waals surface area contributed by atoms with Crippen LogP contribution in [-0.4, -0.2) is 29.5 Å². The number of nitrogens with one attached hydrogen (secondary N) is 1. The van der Waals surface area contributed by atoms with Gasteiger partial charge < -0.3 is 5.11 Å². The first-order valence-corrected chi connectivity index (χ1v) is 8.30. The lowest BCUT2D eigenvalue weighted by atomic mass is 10.3. The van der Waals surface area contributed by atoms with Gasteiger partial charge in [0.15, 0.2) is 0 Å². The fraction of sp³-hybridized carbons (Fsp3) is 0.182. The summed E-state index contributed by atoms with van der Waals surface area (Å²) in [6.45, 7) is 3.14. The molecule has 0 unspecified atom stereocenters. The molecule has 2 rings (SSSR count). The number of thiophene rings is 1. The molecule has 7 nitrogen and oxygen atoms in total. The van der Waals surface area contributed by atoms with Gasteiger partial charge in [-0.25, -0.2) is 27.9 Å². The molecule has 0 aromatic carbocycles. The van der Waals surface area contributed by atoms with Crippen molar-refractivity contribution in [2.24, 2.45) is 0 Å². The van der Waals surface area contributed by atoms with Gasteiger partial charge in [-0.05, 0) is 30.9 Å². The van der Waals surface area contributed by atoms with Crippen molar-refractivity contribution in [3.63, 3.8) is 0 Å². The first kappa shape index (κ1) is 15.7. The van der Waals surface area contributed by atoms with E-state index in [-0.39, 0.29) is 20.9 Å². The highest BCUT2D eigenvalue weighted by Crippen LogP contribution is 2.28. The Labute approximate surface area is 129 Å². The molecule has 21 heavy (non-hydrogen) atoms. The summed E-state index contributed by atoms with van der Waals surface area (Å²) < 4.78 is 26.8. The van der Waals surface area contributed by atoms with E-state index in [1.165, 1.54) is 18.4 Å². The first-order chi connectivity index (χ1) is 9.70. The number of halogens is 1. The average Bonchev–Trinajstić information content (AvgIpc) is 2.69. The Hall–Kier alpha value is -1.71. The Bertz CT molecular complexity index is 797. The number of anilines is 1. The van der Waals surface area contributed by atoms with E-state index in [4.69, 9.17) is 16.7 Å². The maximum atomic E-state index is 12.3. The Kier molecular flexibility index (Phi) is 4.17. The van der Waals surface area contributed by atoms with Gasteiger partial charge in [0, 0.05) is 5.69 Å². The highest BCUT2D eigenvalue weighted by molar-refractivity contribution is 7.93. The molecule has 2 N–H and O–H groups in total. The summed E-state index contributed by atoms with van der Waals surface area (Å²) in [7, 11) is -4.11. The molecule has 0 spiro atoms. The van der Waals surface area contributed by atoms with Crippen molar-refractivity contribution in [1.82, 2.24) is 9.97 Å². The van der Waals surface area contributed by atoms with Crippen LogP contribution in [0.3, 0.4) is 0 Å². The molecule has 0 saturated carbocycles. The number of carbonyl (C=O) groups is 1. The average molecular weight is 348 g/mol. The lowest BCUT2D eigenvalue weighted by Crippen LogP contribution is -2.18. The minimum Gasteiger partial charge on any atom is -0.477 e.